The number of nitriles is 1. The number of hydrogen-bond acceptors (Lipinski definition) is 3. The summed E-state index contributed by atoms with van der Waals surface area (Å²) in [6, 6.07) is 9.17. The fraction of sp³-hybridized carbons (Fsp3) is 0.500. The predicted molar refractivity (Wildman–Crippen MR) is 79.2 cm³/mol. The topological polar surface area (TPSA) is 56.1 Å². The van der Waals surface area contributed by atoms with Gasteiger partial charge < -0.3 is 10.2 Å². The van der Waals surface area contributed by atoms with E-state index >= 15 is 0 Å². The van der Waals surface area contributed by atoms with Gasteiger partial charge in [0.25, 0.3) is 0 Å². The number of carbonyl (C=O) groups excluding carboxylic acids is 1. The number of carbonyl (C=O) groups is 1. The Balaban J connectivity index is 1.83. The second-order valence-corrected chi connectivity index (χ2v) is 5.67. The summed E-state index contributed by atoms with van der Waals surface area (Å²) in [6.07, 6.45) is 0.471. The van der Waals surface area contributed by atoms with Crippen LogP contribution in [0.2, 0.25) is 0 Å². The molecule has 0 aliphatic carbocycles. The van der Waals surface area contributed by atoms with E-state index in [4.69, 9.17) is 5.26 Å². The normalized spacial score (nSPS) is 22.4. The van der Waals surface area contributed by atoms with Gasteiger partial charge in [-0.05, 0) is 24.0 Å². The molecule has 0 spiro atoms. The summed E-state index contributed by atoms with van der Waals surface area (Å²) in [4.78, 5) is 14.3. The first-order valence-corrected chi connectivity index (χ1v) is 7.11. The molecule has 1 N–H and O–H groups in total. The van der Waals surface area contributed by atoms with Gasteiger partial charge in [-0.15, -0.1) is 0 Å². The third kappa shape index (κ3) is 3.58. The van der Waals surface area contributed by atoms with E-state index in [1.807, 2.05) is 6.07 Å². The largest absolute Gasteiger partial charge is 0.325 e. The van der Waals surface area contributed by atoms with Crippen LogP contribution in [0.15, 0.2) is 24.3 Å². The van der Waals surface area contributed by atoms with E-state index in [-0.39, 0.29) is 5.91 Å². The van der Waals surface area contributed by atoms with Crippen LogP contribution in [0.3, 0.4) is 0 Å². The van der Waals surface area contributed by atoms with Gasteiger partial charge in [-0.3, -0.25) is 4.79 Å². The molecule has 4 nitrogen and oxygen atoms in total. The van der Waals surface area contributed by atoms with E-state index in [0.717, 1.165) is 19.6 Å². The first kappa shape index (κ1) is 14.5. The van der Waals surface area contributed by atoms with Crippen molar-refractivity contribution < 1.29 is 4.79 Å². The predicted octanol–water partition coefficient (Wildman–Crippen LogP) is 2.47. The van der Waals surface area contributed by atoms with E-state index < -0.39 is 0 Å². The highest BCUT2D eigenvalue weighted by molar-refractivity contribution is 5.92. The lowest BCUT2D eigenvalue weighted by Gasteiger charge is -2.15. The van der Waals surface area contributed by atoms with Crippen molar-refractivity contribution in [1.82, 2.24) is 4.90 Å². The van der Waals surface area contributed by atoms with Crippen molar-refractivity contribution in [2.75, 3.05) is 25.0 Å². The Morgan fingerprint density at radius 3 is 2.65 bits per heavy atom. The van der Waals surface area contributed by atoms with Gasteiger partial charge in [0.2, 0.25) is 5.91 Å². The summed E-state index contributed by atoms with van der Waals surface area (Å²) >= 11 is 0. The summed E-state index contributed by atoms with van der Waals surface area (Å²) in [5.74, 6) is 1.38. The van der Waals surface area contributed by atoms with E-state index in [1.165, 1.54) is 0 Å². The van der Waals surface area contributed by atoms with Gasteiger partial charge in [0.1, 0.15) is 6.07 Å². The zero-order chi connectivity index (χ0) is 14.5. The molecule has 0 radical (unpaired) electrons. The van der Waals surface area contributed by atoms with Crippen molar-refractivity contribution in [1.29, 1.82) is 5.26 Å². The Hall–Kier alpha value is -1.86. The smallest absolute Gasteiger partial charge is 0.225 e. The lowest BCUT2D eigenvalue weighted by atomic mass is 10.0. The average molecular weight is 271 g/mol. The molecule has 1 aliphatic heterocycles. The molecule has 1 aliphatic rings. The van der Waals surface area contributed by atoms with Crippen LogP contribution in [-0.4, -0.2) is 30.4 Å². The van der Waals surface area contributed by atoms with Gasteiger partial charge in [-0.2, -0.15) is 5.26 Å². The number of anilines is 1. The SMILES string of the molecule is CC1CN(CCC(=O)Nc2ccccc2C#N)CC1C. The molecule has 0 bridgehead atoms. The summed E-state index contributed by atoms with van der Waals surface area (Å²) in [7, 11) is 0. The highest BCUT2D eigenvalue weighted by atomic mass is 16.1. The van der Waals surface area contributed by atoms with E-state index in [0.29, 0.717) is 29.5 Å². The summed E-state index contributed by atoms with van der Waals surface area (Å²) < 4.78 is 0. The zero-order valence-electron chi connectivity index (χ0n) is 12.1. The van der Waals surface area contributed by atoms with Crippen LogP contribution in [0, 0.1) is 23.2 Å². The monoisotopic (exact) mass is 271 g/mol. The molecule has 2 unspecified atom stereocenters. The fourth-order valence-corrected chi connectivity index (χ4v) is 2.59. The minimum absolute atomic E-state index is 0.0279. The molecule has 1 amide bonds. The van der Waals surface area contributed by atoms with Crippen LogP contribution in [0.1, 0.15) is 25.8 Å². The second-order valence-electron chi connectivity index (χ2n) is 5.67. The molecule has 0 saturated carbocycles. The van der Waals surface area contributed by atoms with Crippen LogP contribution in [0.5, 0.6) is 0 Å². The van der Waals surface area contributed by atoms with Crippen LogP contribution < -0.4 is 5.32 Å². The first-order valence-electron chi connectivity index (χ1n) is 7.11. The number of likely N-dealkylation sites (tertiary alicyclic amines) is 1. The minimum atomic E-state index is -0.0279. The number of para-hydroxylation sites is 1. The summed E-state index contributed by atoms with van der Waals surface area (Å²) in [5.41, 5.74) is 1.10. The van der Waals surface area contributed by atoms with Gasteiger partial charge in [0.05, 0.1) is 11.3 Å². The Kier molecular flexibility index (Phi) is 4.75. The highest BCUT2D eigenvalue weighted by Gasteiger charge is 2.25. The Bertz CT molecular complexity index is 511. The highest BCUT2D eigenvalue weighted by Crippen LogP contribution is 2.22. The molecule has 1 fully saturated rings. The quantitative estimate of drug-likeness (QED) is 0.915. The number of nitrogens with one attached hydrogen (secondary N) is 1. The number of benzene rings is 1. The molecular formula is C16H21N3O. The summed E-state index contributed by atoms with van der Waals surface area (Å²) in [6.45, 7) is 7.45. The van der Waals surface area contributed by atoms with Crippen molar-refractivity contribution in [3.05, 3.63) is 29.8 Å². The number of rotatable bonds is 4. The van der Waals surface area contributed by atoms with E-state index in [1.54, 1.807) is 18.2 Å². The molecule has 2 atom stereocenters. The molecule has 1 aromatic carbocycles. The van der Waals surface area contributed by atoms with Crippen molar-refractivity contribution in [3.63, 3.8) is 0 Å². The summed E-state index contributed by atoms with van der Waals surface area (Å²) in [5, 5.41) is 11.8. The van der Waals surface area contributed by atoms with Gasteiger partial charge >= 0.3 is 0 Å². The lowest BCUT2D eigenvalue weighted by Crippen LogP contribution is -2.26. The van der Waals surface area contributed by atoms with Gasteiger partial charge in [-0.25, -0.2) is 0 Å². The molecule has 1 aromatic rings. The third-order valence-electron chi connectivity index (χ3n) is 4.04. The average Bonchev–Trinajstić information content (AvgIpc) is 2.76. The number of amides is 1. The molecule has 4 heteroatoms. The number of nitrogens with zero attached hydrogens (tertiary/aromatic N) is 2. The van der Waals surface area contributed by atoms with Crippen molar-refractivity contribution in [2.45, 2.75) is 20.3 Å². The first-order chi connectivity index (χ1) is 9.60. The van der Waals surface area contributed by atoms with Gasteiger partial charge in [0.15, 0.2) is 0 Å². The number of hydrogen-bond donors (Lipinski definition) is 1. The lowest BCUT2D eigenvalue weighted by molar-refractivity contribution is -0.116. The molecule has 20 heavy (non-hydrogen) atoms. The molecule has 1 saturated heterocycles. The van der Waals surface area contributed by atoms with Gasteiger partial charge in [0, 0.05) is 26.1 Å². The maximum atomic E-state index is 12.0. The van der Waals surface area contributed by atoms with E-state index in [2.05, 4.69) is 30.1 Å². The Labute approximate surface area is 120 Å². The maximum Gasteiger partial charge on any atom is 0.225 e. The van der Waals surface area contributed by atoms with Crippen LogP contribution in [0.25, 0.3) is 0 Å². The zero-order valence-corrected chi connectivity index (χ0v) is 12.1. The molecule has 1 heterocycles. The molecular weight excluding hydrogens is 250 g/mol. The van der Waals surface area contributed by atoms with Crippen molar-refractivity contribution in [2.24, 2.45) is 11.8 Å². The molecule has 2 rings (SSSR count). The third-order valence-corrected chi connectivity index (χ3v) is 4.04. The van der Waals surface area contributed by atoms with Crippen molar-refractivity contribution in [3.8, 4) is 6.07 Å². The van der Waals surface area contributed by atoms with E-state index in [9.17, 15) is 4.79 Å². The fourth-order valence-electron chi connectivity index (χ4n) is 2.59. The maximum absolute atomic E-state index is 12.0. The van der Waals surface area contributed by atoms with Crippen LogP contribution >= 0.6 is 0 Å². The molecule has 0 aromatic heterocycles. The second kappa shape index (κ2) is 6.53. The Morgan fingerprint density at radius 2 is 2.00 bits per heavy atom. The standard InChI is InChI=1S/C16H21N3O/c1-12-10-19(11-13(12)2)8-7-16(20)18-15-6-4-3-5-14(15)9-17/h3-6,12-13H,7-8,10-11H2,1-2H3,(H,18,20). The van der Waals surface area contributed by atoms with Crippen LogP contribution in [-0.2, 0) is 4.79 Å². The minimum Gasteiger partial charge on any atom is -0.325 e. The van der Waals surface area contributed by atoms with Crippen LogP contribution in [0.4, 0.5) is 5.69 Å². The molecule has 106 valence electrons. The Morgan fingerprint density at radius 1 is 1.35 bits per heavy atom. The van der Waals surface area contributed by atoms with Crippen molar-refractivity contribution >= 4 is 11.6 Å². The van der Waals surface area contributed by atoms with Gasteiger partial charge in [-0.1, -0.05) is 26.0 Å².